The summed E-state index contributed by atoms with van der Waals surface area (Å²) in [6, 6.07) is 0. The van der Waals surface area contributed by atoms with Crippen LogP contribution in [-0.2, 0) is 0 Å². The van der Waals surface area contributed by atoms with Crippen molar-refractivity contribution in [3.63, 3.8) is 0 Å². The van der Waals surface area contributed by atoms with Crippen LogP contribution in [-0.4, -0.2) is 22.4 Å². The summed E-state index contributed by atoms with van der Waals surface area (Å²) in [6.45, 7) is 6.81. The Morgan fingerprint density at radius 2 is 1.30 bits per heavy atom. The average molecular weight is 142 g/mol. The Balaban J connectivity index is 3.34. The molecule has 2 atom stereocenters. The van der Waals surface area contributed by atoms with Gasteiger partial charge in [0.05, 0.1) is 12.2 Å². The maximum Gasteiger partial charge on any atom is 0.0719 e. The Bertz CT molecular complexity index is 95.8. The van der Waals surface area contributed by atoms with E-state index in [9.17, 15) is 0 Å². The lowest BCUT2D eigenvalue weighted by molar-refractivity contribution is 0.162. The molecule has 2 heteroatoms. The molecule has 0 aromatic rings. The molecule has 0 rings (SSSR count). The van der Waals surface area contributed by atoms with E-state index in [2.05, 4.69) is 13.2 Å². The zero-order valence-electron chi connectivity index (χ0n) is 6.03. The Kier molecular flexibility index (Phi) is 4.89. The minimum atomic E-state index is -0.505. The molecular formula is C8H14O2. The molecule has 0 radical (unpaired) electrons. The zero-order chi connectivity index (χ0) is 7.98. The van der Waals surface area contributed by atoms with Gasteiger partial charge in [-0.1, -0.05) is 12.2 Å². The van der Waals surface area contributed by atoms with Crippen LogP contribution < -0.4 is 0 Å². The lowest BCUT2D eigenvalue weighted by atomic mass is 10.1. The molecule has 0 heterocycles. The number of aliphatic hydroxyl groups is 2. The van der Waals surface area contributed by atoms with Crippen LogP contribution in [0.3, 0.4) is 0 Å². The van der Waals surface area contributed by atoms with Gasteiger partial charge >= 0.3 is 0 Å². The van der Waals surface area contributed by atoms with Crippen LogP contribution >= 0.6 is 0 Å². The third-order valence-corrected chi connectivity index (χ3v) is 1.30. The molecular weight excluding hydrogens is 128 g/mol. The maximum absolute atomic E-state index is 8.94. The highest BCUT2D eigenvalue weighted by molar-refractivity contribution is 4.83. The van der Waals surface area contributed by atoms with Crippen molar-refractivity contribution in [3.8, 4) is 0 Å². The van der Waals surface area contributed by atoms with Crippen molar-refractivity contribution in [2.24, 2.45) is 0 Å². The Morgan fingerprint density at radius 1 is 1.00 bits per heavy atom. The monoisotopic (exact) mass is 142 g/mol. The Labute approximate surface area is 61.5 Å². The molecule has 0 aliphatic carbocycles. The van der Waals surface area contributed by atoms with Gasteiger partial charge in [0.25, 0.3) is 0 Å². The second-order valence-corrected chi connectivity index (χ2v) is 2.18. The minimum absolute atomic E-state index is 0.505. The molecule has 0 fully saturated rings. The number of hydrogen-bond donors (Lipinski definition) is 2. The van der Waals surface area contributed by atoms with Gasteiger partial charge in [-0.05, 0) is 12.8 Å². The highest BCUT2D eigenvalue weighted by Crippen LogP contribution is 2.02. The van der Waals surface area contributed by atoms with Crippen molar-refractivity contribution in [1.82, 2.24) is 0 Å². The molecule has 0 bridgehead atoms. The number of hydrogen-bond acceptors (Lipinski definition) is 2. The van der Waals surface area contributed by atoms with Gasteiger partial charge in [-0.2, -0.15) is 0 Å². The first-order chi connectivity index (χ1) is 4.70. The van der Waals surface area contributed by atoms with Crippen LogP contribution in [0, 0.1) is 0 Å². The maximum atomic E-state index is 8.94. The lowest BCUT2D eigenvalue weighted by Crippen LogP contribution is -2.08. The van der Waals surface area contributed by atoms with Gasteiger partial charge in [-0.25, -0.2) is 0 Å². The van der Waals surface area contributed by atoms with Crippen molar-refractivity contribution in [1.29, 1.82) is 0 Å². The van der Waals surface area contributed by atoms with Gasteiger partial charge in [0, 0.05) is 0 Å². The van der Waals surface area contributed by atoms with Gasteiger partial charge in [0.1, 0.15) is 0 Å². The van der Waals surface area contributed by atoms with E-state index in [-0.39, 0.29) is 0 Å². The largest absolute Gasteiger partial charge is 0.389 e. The first-order valence-electron chi connectivity index (χ1n) is 3.32. The van der Waals surface area contributed by atoms with E-state index in [1.807, 2.05) is 0 Å². The summed E-state index contributed by atoms with van der Waals surface area (Å²) in [5.41, 5.74) is 0. The zero-order valence-corrected chi connectivity index (χ0v) is 6.03. The summed E-state index contributed by atoms with van der Waals surface area (Å²) >= 11 is 0. The first kappa shape index (κ1) is 9.40. The highest BCUT2D eigenvalue weighted by atomic mass is 16.3. The van der Waals surface area contributed by atoms with Gasteiger partial charge in [-0.15, -0.1) is 13.2 Å². The molecule has 0 spiro atoms. The SMILES string of the molecule is C=C[C@H](O)CC[C@@H](O)C=C. The lowest BCUT2D eigenvalue weighted by Gasteiger charge is -2.06. The van der Waals surface area contributed by atoms with E-state index in [0.29, 0.717) is 12.8 Å². The summed E-state index contributed by atoms with van der Waals surface area (Å²) < 4.78 is 0. The Hall–Kier alpha value is -0.600. The summed E-state index contributed by atoms with van der Waals surface area (Å²) in [7, 11) is 0. The van der Waals surface area contributed by atoms with Gasteiger partial charge in [-0.3, -0.25) is 0 Å². The van der Waals surface area contributed by atoms with Crippen LogP contribution in [0.15, 0.2) is 25.3 Å². The summed E-state index contributed by atoms with van der Waals surface area (Å²) in [6.07, 6.45) is 2.98. The van der Waals surface area contributed by atoms with E-state index in [4.69, 9.17) is 10.2 Å². The first-order valence-corrected chi connectivity index (χ1v) is 3.32. The number of rotatable bonds is 5. The molecule has 0 amide bonds. The summed E-state index contributed by atoms with van der Waals surface area (Å²) in [4.78, 5) is 0. The van der Waals surface area contributed by atoms with E-state index in [1.54, 1.807) is 0 Å². The molecule has 0 saturated carbocycles. The molecule has 2 N–H and O–H groups in total. The van der Waals surface area contributed by atoms with Crippen molar-refractivity contribution < 1.29 is 10.2 Å². The molecule has 0 aliphatic heterocycles. The van der Waals surface area contributed by atoms with Gasteiger partial charge in [0.15, 0.2) is 0 Å². The van der Waals surface area contributed by atoms with Crippen LogP contribution in [0.5, 0.6) is 0 Å². The average Bonchev–Trinajstić information content (AvgIpc) is 1.99. The van der Waals surface area contributed by atoms with Crippen LogP contribution in [0.2, 0.25) is 0 Å². The fourth-order valence-corrected chi connectivity index (χ4v) is 0.577. The van der Waals surface area contributed by atoms with E-state index < -0.39 is 12.2 Å². The fraction of sp³-hybridized carbons (Fsp3) is 0.500. The van der Waals surface area contributed by atoms with Gasteiger partial charge < -0.3 is 10.2 Å². The quantitative estimate of drug-likeness (QED) is 0.559. The fourth-order valence-electron chi connectivity index (χ4n) is 0.577. The second kappa shape index (κ2) is 5.21. The third-order valence-electron chi connectivity index (χ3n) is 1.30. The molecule has 0 saturated heterocycles. The van der Waals surface area contributed by atoms with E-state index in [1.165, 1.54) is 12.2 Å². The topological polar surface area (TPSA) is 40.5 Å². The smallest absolute Gasteiger partial charge is 0.0719 e. The minimum Gasteiger partial charge on any atom is -0.389 e. The standard InChI is InChI=1S/C8H14O2/c1-3-7(9)5-6-8(10)4-2/h3-4,7-10H,1-2,5-6H2/t7-,8-/m0/s1. The number of aliphatic hydroxyl groups excluding tert-OH is 2. The molecule has 0 unspecified atom stereocenters. The molecule has 0 aliphatic rings. The Morgan fingerprint density at radius 3 is 1.50 bits per heavy atom. The van der Waals surface area contributed by atoms with E-state index in [0.717, 1.165) is 0 Å². The molecule has 58 valence electrons. The van der Waals surface area contributed by atoms with Crippen molar-refractivity contribution in [2.75, 3.05) is 0 Å². The second-order valence-electron chi connectivity index (χ2n) is 2.18. The predicted molar refractivity (Wildman–Crippen MR) is 41.6 cm³/mol. The van der Waals surface area contributed by atoms with Gasteiger partial charge in [0.2, 0.25) is 0 Å². The van der Waals surface area contributed by atoms with Crippen LogP contribution in [0.25, 0.3) is 0 Å². The predicted octanol–water partition coefficient (Wildman–Crippen LogP) is 0.860. The van der Waals surface area contributed by atoms with Crippen molar-refractivity contribution >= 4 is 0 Å². The highest BCUT2D eigenvalue weighted by Gasteiger charge is 2.01. The van der Waals surface area contributed by atoms with Crippen molar-refractivity contribution in [2.45, 2.75) is 25.0 Å². The van der Waals surface area contributed by atoms with E-state index >= 15 is 0 Å². The molecule has 0 aromatic heterocycles. The summed E-state index contributed by atoms with van der Waals surface area (Å²) in [5.74, 6) is 0. The van der Waals surface area contributed by atoms with Crippen LogP contribution in [0.1, 0.15) is 12.8 Å². The van der Waals surface area contributed by atoms with Crippen LogP contribution in [0.4, 0.5) is 0 Å². The normalized spacial score (nSPS) is 15.8. The summed E-state index contributed by atoms with van der Waals surface area (Å²) in [5, 5.41) is 17.9. The molecule has 10 heavy (non-hydrogen) atoms. The third kappa shape index (κ3) is 4.30. The molecule has 2 nitrogen and oxygen atoms in total. The van der Waals surface area contributed by atoms with Crippen molar-refractivity contribution in [3.05, 3.63) is 25.3 Å². The molecule has 0 aromatic carbocycles.